The third-order valence-corrected chi connectivity index (χ3v) is 5.40. The number of rotatable bonds is 4. The van der Waals surface area contributed by atoms with E-state index in [0.717, 1.165) is 10.6 Å². The van der Waals surface area contributed by atoms with Gasteiger partial charge in [0.25, 0.3) is 0 Å². The second-order valence-corrected chi connectivity index (χ2v) is 7.21. The standard InChI is InChI=1S/2C13H11P.Ti/c2*14-13(11-7-3-1-4-8-11)12-9-5-2-6-10-12;/h2*1-10,14H;. The van der Waals surface area contributed by atoms with Crippen molar-refractivity contribution in [3.63, 3.8) is 0 Å². The van der Waals surface area contributed by atoms with E-state index >= 15 is 0 Å². The first-order valence-corrected chi connectivity index (χ1v) is 10.1. The van der Waals surface area contributed by atoms with Gasteiger partial charge in [0.2, 0.25) is 0 Å². The molecule has 3 heteroatoms. The van der Waals surface area contributed by atoms with Crippen LogP contribution in [-0.4, -0.2) is 10.6 Å². The minimum Gasteiger partial charge on any atom is -0.113 e. The molecule has 4 aromatic rings. The van der Waals surface area contributed by atoms with Gasteiger partial charge in [-0.05, 0) is 22.3 Å². The summed E-state index contributed by atoms with van der Waals surface area (Å²) in [6.07, 6.45) is 0. The molecule has 29 heavy (non-hydrogen) atoms. The molecule has 0 nitrogen and oxygen atoms in total. The zero-order valence-electron chi connectivity index (χ0n) is 16.0. The van der Waals surface area contributed by atoms with E-state index in [1.54, 1.807) is 0 Å². The summed E-state index contributed by atoms with van der Waals surface area (Å²) in [5.74, 6) is 0. The maximum absolute atomic E-state index is 3.66. The van der Waals surface area contributed by atoms with Gasteiger partial charge in [-0.15, -0.1) is 17.7 Å². The Bertz CT molecular complexity index is 845. The van der Waals surface area contributed by atoms with Gasteiger partial charge < -0.3 is 0 Å². The largest absolute Gasteiger partial charge is 0.113 e. The molecule has 0 amide bonds. The minimum absolute atomic E-state index is 0. The maximum Gasteiger partial charge on any atom is 0.00893 e. The SMILES string of the molecule is P=C(c1ccccc1)c1ccccc1.P=C(c1ccccc1)c1ccccc1.[Ti]. The summed E-state index contributed by atoms with van der Waals surface area (Å²) >= 11 is 0. The van der Waals surface area contributed by atoms with Gasteiger partial charge in [-0.1, -0.05) is 121 Å². The van der Waals surface area contributed by atoms with E-state index in [9.17, 15) is 0 Å². The van der Waals surface area contributed by atoms with Gasteiger partial charge >= 0.3 is 0 Å². The smallest absolute Gasteiger partial charge is 0.00893 e. The van der Waals surface area contributed by atoms with E-state index in [4.69, 9.17) is 0 Å². The van der Waals surface area contributed by atoms with E-state index in [-0.39, 0.29) is 21.7 Å². The van der Waals surface area contributed by atoms with Crippen LogP contribution >= 0.6 is 17.7 Å². The molecule has 0 radical (unpaired) electrons. The molecule has 0 fully saturated rings. The van der Waals surface area contributed by atoms with E-state index in [0.29, 0.717) is 0 Å². The van der Waals surface area contributed by atoms with Gasteiger partial charge in [0.1, 0.15) is 0 Å². The van der Waals surface area contributed by atoms with Gasteiger partial charge in [-0.25, -0.2) is 0 Å². The van der Waals surface area contributed by atoms with Crippen molar-refractivity contribution in [1.82, 2.24) is 0 Å². The van der Waals surface area contributed by atoms with E-state index in [1.165, 1.54) is 22.3 Å². The third kappa shape index (κ3) is 7.04. The molecular weight excluding hydrogens is 422 g/mol. The summed E-state index contributed by atoms with van der Waals surface area (Å²) < 4.78 is 0. The summed E-state index contributed by atoms with van der Waals surface area (Å²) in [6.45, 7) is 0. The molecule has 0 spiro atoms. The van der Waals surface area contributed by atoms with Gasteiger partial charge in [-0.2, -0.15) is 0 Å². The van der Waals surface area contributed by atoms with Crippen molar-refractivity contribution in [1.29, 1.82) is 0 Å². The summed E-state index contributed by atoms with van der Waals surface area (Å²) in [5.41, 5.74) is 4.82. The molecular formula is C26H22P2Ti. The summed E-state index contributed by atoms with van der Waals surface area (Å²) in [6, 6.07) is 41.1. The van der Waals surface area contributed by atoms with Crippen molar-refractivity contribution >= 4 is 28.3 Å². The number of benzene rings is 4. The van der Waals surface area contributed by atoms with Crippen LogP contribution in [0.2, 0.25) is 0 Å². The zero-order valence-corrected chi connectivity index (χ0v) is 19.6. The molecule has 0 unspecified atom stereocenters. The molecule has 0 heterocycles. The molecule has 0 atom stereocenters. The first-order chi connectivity index (χ1) is 13.8. The van der Waals surface area contributed by atoms with Gasteiger partial charge in [0, 0.05) is 32.3 Å². The van der Waals surface area contributed by atoms with Crippen LogP contribution in [-0.2, 0) is 21.7 Å². The molecule has 4 aromatic carbocycles. The zero-order chi connectivity index (χ0) is 19.6. The molecule has 0 aliphatic carbocycles. The van der Waals surface area contributed by atoms with Crippen molar-refractivity contribution in [2.24, 2.45) is 0 Å². The fourth-order valence-corrected chi connectivity index (χ4v) is 3.42. The van der Waals surface area contributed by atoms with Gasteiger partial charge in [0.05, 0.1) is 0 Å². The Kier molecular flexibility index (Phi) is 10.00. The molecule has 0 aromatic heterocycles. The van der Waals surface area contributed by atoms with E-state index < -0.39 is 0 Å². The first-order valence-electron chi connectivity index (χ1n) is 9.14. The van der Waals surface area contributed by atoms with Crippen LogP contribution < -0.4 is 0 Å². The van der Waals surface area contributed by atoms with Crippen LogP contribution in [0.3, 0.4) is 0 Å². The third-order valence-electron chi connectivity index (χ3n) is 4.25. The van der Waals surface area contributed by atoms with E-state index in [1.807, 2.05) is 72.8 Å². The molecule has 0 saturated heterocycles. The average Bonchev–Trinajstić information content (AvgIpc) is 2.81. The Labute approximate surface area is 193 Å². The first kappa shape index (κ1) is 23.2. The normalized spacial score (nSPS) is 9.38. The van der Waals surface area contributed by atoms with Crippen LogP contribution in [0.15, 0.2) is 121 Å². The van der Waals surface area contributed by atoms with Crippen LogP contribution in [0.1, 0.15) is 22.3 Å². The predicted molar refractivity (Wildman–Crippen MR) is 129 cm³/mol. The van der Waals surface area contributed by atoms with Crippen LogP contribution in [0.5, 0.6) is 0 Å². The van der Waals surface area contributed by atoms with E-state index in [2.05, 4.69) is 66.3 Å². The molecule has 0 N–H and O–H groups in total. The molecule has 140 valence electrons. The van der Waals surface area contributed by atoms with Crippen molar-refractivity contribution in [2.75, 3.05) is 0 Å². The Hall–Kier alpha value is -2.07. The Morgan fingerprint density at radius 2 is 0.517 bits per heavy atom. The fourth-order valence-electron chi connectivity index (χ4n) is 2.75. The van der Waals surface area contributed by atoms with Crippen molar-refractivity contribution in [3.8, 4) is 0 Å². The summed E-state index contributed by atoms with van der Waals surface area (Å²) in [7, 11) is 7.33. The van der Waals surface area contributed by atoms with Crippen molar-refractivity contribution < 1.29 is 21.7 Å². The Morgan fingerprint density at radius 3 is 0.690 bits per heavy atom. The summed E-state index contributed by atoms with van der Waals surface area (Å²) in [4.78, 5) is 0. The van der Waals surface area contributed by atoms with Crippen LogP contribution in [0, 0.1) is 0 Å². The monoisotopic (exact) mass is 444 g/mol. The van der Waals surface area contributed by atoms with Crippen LogP contribution in [0.4, 0.5) is 0 Å². The second-order valence-electron chi connectivity index (χ2n) is 6.21. The summed E-state index contributed by atoms with van der Waals surface area (Å²) in [5, 5.41) is 2.26. The number of hydrogen-bond donors (Lipinski definition) is 0. The Balaban J connectivity index is 0.000000200. The van der Waals surface area contributed by atoms with Gasteiger partial charge in [0.15, 0.2) is 0 Å². The maximum atomic E-state index is 3.66. The average molecular weight is 444 g/mol. The molecule has 0 aliphatic heterocycles. The topological polar surface area (TPSA) is 0 Å². The quantitative estimate of drug-likeness (QED) is 0.240. The van der Waals surface area contributed by atoms with Crippen molar-refractivity contribution in [2.45, 2.75) is 0 Å². The second kappa shape index (κ2) is 12.5. The minimum atomic E-state index is 0. The Morgan fingerprint density at radius 1 is 0.345 bits per heavy atom. The molecule has 4 rings (SSSR count). The number of hydrogen-bond acceptors (Lipinski definition) is 0. The molecule has 0 saturated carbocycles. The van der Waals surface area contributed by atoms with Gasteiger partial charge in [-0.3, -0.25) is 0 Å². The fraction of sp³-hybridized carbons (Fsp3) is 0. The van der Waals surface area contributed by atoms with Crippen LogP contribution in [0.25, 0.3) is 0 Å². The van der Waals surface area contributed by atoms with Crippen molar-refractivity contribution in [3.05, 3.63) is 144 Å². The molecule has 0 bridgehead atoms. The predicted octanol–water partition coefficient (Wildman–Crippen LogP) is 6.79. The molecule has 0 aliphatic rings.